The molecule has 1 aromatic heterocycles. The molecule has 0 fully saturated rings. The largest absolute Gasteiger partial charge is 0.272 e. The molecule has 0 aliphatic carbocycles. The Labute approximate surface area is 182 Å². The van der Waals surface area contributed by atoms with Gasteiger partial charge in [0.15, 0.2) is 0 Å². The van der Waals surface area contributed by atoms with Crippen LogP contribution < -0.4 is 5.43 Å². The summed E-state index contributed by atoms with van der Waals surface area (Å²) in [6.45, 7) is 3.52. The van der Waals surface area contributed by atoms with Crippen LogP contribution >= 0.6 is 0 Å². The maximum atomic E-state index is 13.3. The van der Waals surface area contributed by atoms with Gasteiger partial charge in [0.05, 0.1) is 17.7 Å². The van der Waals surface area contributed by atoms with Gasteiger partial charge in [0.2, 0.25) is 10.0 Å². The Bertz CT molecular complexity index is 1160. The third-order valence-electron chi connectivity index (χ3n) is 4.53. The van der Waals surface area contributed by atoms with Crippen LogP contribution in [0.5, 0.6) is 0 Å². The molecule has 0 saturated heterocycles. The molecule has 0 aliphatic rings. The summed E-state index contributed by atoms with van der Waals surface area (Å²) in [4.78, 5) is 16.5. The van der Waals surface area contributed by atoms with Crippen molar-refractivity contribution in [3.05, 3.63) is 95.3 Å². The van der Waals surface area contributed by atoms with Crippen LogP contribution in [-0.4, -0.2) is 36.4 Å². The van der Waals surface area contributed by atoms with Gasteiger partial charge in [-0.3, -0.25) is 9.78 Å². The Hall–Kier alpha value is -3.36. The number of aromatic nitrogens is 1. The lowest BCUT2D eigenvalue weighted by Crippen LogP contribution is -2.39. The van der Waals surface area contributed by atoms with Gasteiger partial charge in [-0.05, 0) is 49.2 Å². The summed E-state index contributed by atoms with van der Waals surface area (Å²) < 4.78 is 27.7. The first-order valence-corrected chi connectivity index (χ1v) is 11.1. The molecule has 1 amide bonds. The maximum absolute atomic E-state index is 13.3. The van der Waals surface area contributed by atoms with E-state index in [9.17, 15) is 13.2 Å². The minimum atomic E-state index is -3.89. The summed E-state index contributed by atoms with van der Waals surface area (Å²) in [6.07, 6.45) is 4.70. The van der Waals surface area contributed by atoms with Crippen molar-refractivity contribution in [3.63, 3.8) is 0 Å². The van der Waals surface area contributed by atoms with Crippen molar-refractivity contribution in [1.82, 2.24) is 14.7 Å². The van der Waals surface area contributed by atoms with Crippen molar-refractivity contribution in [3.8, 4) is 0 Å². The van der Waals surface area contributed by atoms with Crippen LogP contribution in [0.3, 0.4) is 0 Å². The highest BCUT2D eigenvalue weighted by molar-refractivity contribution is 7.89. The second-order valence-electron chi connectivity index (χ2n) is 7.15. The van der Waals surface area contributed by atoms with Crippen LogP contribution in [-0.2, 0) is 21.4 Å². The van der Waals surface area contributed by atoms with E-state index in [2.05, 4.69) is 15.5 Å². The first-order chi connectivity index (χ1) is 14.8. The maximum Gasteiger partial charge on any atom is 0.255 e. The van der Waals surface area contributed by atoms with Crippen molar-refractivity contribution in [1.29, 1.82) is 0 Å². The predicted molar refractivity (Wildman–Crippen MR) is 120 cm³/mol. The highest BCUT2D eigenvalue weighted by Crippen LogP contribution is 2.19. The molecule has 1 heterocycles. The topological polar surface area (TPSA) is 91.7 Å². The number of carbonyl (C=O) groups is 1. The molecule has 0 saturated carbocycles. The molecule has 160 valence electrons. The van der Waals surface area contributed by atoms with Gasteiger partial charge >= 0.3 is 0 Å². The minimum Gasteiger partial charge on any atom is -0.272 e. The number of benzene rings is 2. The lowest BCUT2D eigenvalue weighted by atomic mass is 10.1. The molecule has 3 rings (SSSR count). The number of sulfonamides is 1. The fraction of sp³-hybridized carbons (Fsp3) is 0.174. The first kappa shape index (κ1) is 22.3. The van der Waals surface area contributed by atoms with E-state index in [1.54, 1.807) is 48.8 Å². The molecule has 2 aromatic carbocycles. The van der Waals surface area contributed by atoms with E-state index >= 15 is 0 Å². The molecule has 7 nitrogen and oxygen atoms in total. The number of aryl methyl sites for hydroxylation is 2. The molecule has 0 radical (unpaired) electrons. The number of hydrogen-bond donors (Lipinski definition) is 1. The fourth-order valence-corrected chi connectivity index (χ4v) is 4.31. The van der Waals surface area contributed by atoms with Crippen LogP contribution in [0.15, 0.2) is 83.1 Å². The molecule has 1 N–H and O–H groups in total. The number of hydrogen-bond acceptors (Lipinski definition) is 5. The zero-order valence-electron chi connectivity index (χ0n) is 17.4. The molecule has 0 atom stereocenters. The van der Waals surface area contributed by atoms with E-state index in [-0.39, 0.29) is 18.0 Å². The Morgan fingerprint density at radius 3 is 2.42 bits per heavy atom. The Morgan fingerprint density at radius 2 is 1.74 bits per heavy atom. The smallest absolute Gasteiger partial charge is 0.255 e. The molecule has 0 spiro atoms. The third-order valence-corrected chi connectivity index (χ3v) is 6.34. The van der Waals surface area contributed by atoms with Gasteiger partial charge in [0.1, 0.15) is 0 Å². The van der Waals surface area contributed by atoms with Crippen LogP contribution in [0, 0.1) is 13.8 Å². The van der Waals surface area contributed by atoms with E-state index in [0.717, 1.165) is 26.6 Å². The van der Waals surface area contributed by atoms with Gasteiger partial charge in [-0.1, -0.05) is 47.5 Å². The van der Waals surface area contributed by atoms with Crippen molar-refractivity contribution in [2.75, 3.05) is 6.54 Å². The average molecular weight is 437 g/mol. The fourth-order valence-electron chi connectivity index (χ4n) is 2.92. The van der Waals surface area contributed by atoms with Crippen molar-refractivity contribution in [2.24, 2.45) is 5.10 Å². The molecule has 3 aromatic rings. The number of hydrazone groups is 1. The van der Waals surface area contributed by atoms with Crippen molar-refractivity contribution in [2.45, 2.75) is 25.3 Å². The van der Waals surface area contributed by atoms with E-state index in [1.165, 1.54) is 6.21 Å². The molecule has 0 bridgehead atoms. The first-order valence-electron chi connectivity index (χ1n) is 9.69. The Balaban J connectivity index is 1.80. The van der Waals surface area contributed by atoms with Crippen molar-refractivity contribution < 1.29 is 13.2 Å². The number of nitrogens with one attached hydrogen (secondary N) is 1. The summed E-state index contributed by atoms with van der Waals surface area (Å²) in [6, 6.07) is 17.6. The van der Waals surface area contributed by atoms with E-state index in [0.29, 0.717) is 0 Å². The van der Waals surface area contributed by atoms with Gasteiger partial charge in [0, 0.05) is 18.9 Å². The summed E-state index contributed by atoms with van der Waals surface area (Å²) >= 11 is 0. The summed E-state index contributed by atoms with van der Waals surface area (Å²) in [5, 5.41) is 3.91. The zero-order valence-corrected chi connectivity index (χ0v) is 18.2. The Kier molecular flexibility index (Phi) is 7.28. The van der Waals surface area contributed by atoms with Crippen molar-refractivity contribution >= 4 is 22.1 Å². The highest BCUT2D eigenvalue weighted by atomic mass is 32.2. The number of pyridine rings is 1. The summed E-state index contributed by atoms with van der Waals surface area (Å²) in [5.74, 6) is -0.534. The van der Waals surface area contributed by atoms with Crippen LogP contribution in [0.4, 0.5) is 0 Å². The van der Waals surface area contributed by atoms with E-state index in [1.807, 2.05) is 38.1 Å². The lowest BCUT2D eigenvalue weighted by molar-refractivity contribution is -0.121. The summed E-state index contributed by atoms with van der Waals surface area (Å²) in [5.41, 5.74) is 5.92. The van der Waals surface area contributed by atoms with E-state index < -0.39 is 15.9 Å². The van der Waals surface area contributed by atoms with Gasteiger partial charge in [0.25, 0.3) is 5.91 Å². The van der Waals surface area contributed by atoms with Gasteiger partial charge in [-0.2, -0.15) is 9.41 Å². The number of carbonyl (C=O) groups excluding carboxylic acids is 1. The molecule has 31 heavy (non-hydrogen) atoms. The second kappa shape index (κ2) is 10.1. The molecular weight excluding hydrogens is 412 g/mol. The number of amides is 1. The standard InChI is InChI=1S/C23H24N4O3S/c1-18-6-8-22(9-7-18)31(29,30)27(16-21-5-3-4-19(2)14-21)17-23(28)26-25-15-20-10-12-24-13-11-20/h3-15H,16-17H2,1-2H3,(H,26,28)/b25-15-. The normalized spacial score (nSPS) is 11.7. The monoisotopic (exact) mass is 436 g/mol. The predicted octanol–water partition coefficient (Wildman–Crippen LogP) is 3.04. The lowest BCUT2D eigenvalue weighted by Gasteiger charge is -2.22. The zero-order chi connectivity index (χ0) is 22.3. The third kappa shape index (κ3) is 6.31. The SMILES string of the molecule is Cc1ccc(S(=O)(=O)N(CC(=O)N/N=C\c2ccncc2)Cc2cccc(C)c2)cc1. The molecule has 0 unspecified atom stereocenters. The van der Waals surface area contributed by atoms with Crippen LogP contribution in [0.2, 0.25) is 0 Å². The molecule has 0 aliphatic heterocycles. The van der Waals surface area contributed by atoms with Gasteiger partial charge in [-0.15, -0.1) is 0 Å². The average Bonchev–Trinajstić information content (AvgIpc) is 2.74. The van der Waals surface area contributed by atoms with Crippen LogP contribution in [0.1, 0.15) is 22.3 Å². The molecule has 8 heteroatoms. The number of rotatable bonds is 8. The van der Waals surface area contributed by atoms with Crippen LogP contribution in [0.25, 0.3) is 0 Å². The Morgan fingerprint density at radius 1 is 1.03 bits per heavy atom. The van der Waals surface area contributed by atoms with E-state index in [4.69, 9.17) is 0 Å². The second-order valence-corrected chi connectivity index (χ2v) is 9.09. The minimum absolute atomic E-state index is 0.0688. The van der Waals surface area contributed by atoms with Gasteiger partial charge in [-0.25, -0.2) is 13.8 Å². The highest BCUT2D eigenvalue weighted by Gasteiger charge is 2.27. The van der Waals surface area contributed by atoms with Gasteiger partial charge < -0.3 is 0 Å². The number of nitrogens with zero attached hydrogens (tertiary/aromatic N) is 3. The quantitative estimate of drug-likeness (QED) is 0.434. The summed E-state index contributed by atoms with van der Waals surface area (Å²) in [7, 11) is -3.89. The molecular formula is C23H24N4O3S.